The average Bonchev–Trinajstić information content (AvgIpc) is 2.46. The average molecular weight is 365 g/mol. The highest BCUT2D eigenvalue weighted by atomic mass is 79.9. The van der Waals surface area contributed by atoms with Crippen LogP contribution in [0.2, 0.25) is 5.02 Å². The van der Waals surface area contributed by atoms with E-state index in [2.05, 4.69) is 45.5 Å². The molecule has 3 rings (SSSR count). The van der Waals surface area contributed by atoms with E-state index in [1.54, 1.807) is 18.2 Å². The maximum Gasteiger partial charge on any atom is 0.251 e. The van der Waals surface area contributed by atoms with Gasteiger partial charge in [0.2, 0.25) is 0 Å². The monoisotopic (exact) mass is 363 g/mol. The molecule has 1 atom stereocenters. The number of hydrogen-bond donors (Lipinski definition) is 1. The maximum atomic E-state index is 12.3. The Morgan fingerprint density at radius 3 is 2.71 bits per heavy atom. The molecule has 0 heterocycles. The van der Waals surface area contributed by atoms with Gasteiger partial charge in [0.25, 0.3) is 5.91 Å². The lowest BCUT2D eigenvalue weighted by Crippen LogP contribution is -2.38. The predicted molar refractivity (Wildman–Crippen MR) is 88.9 cm³/mol. The zero-order valence-corrected chi connectivity index (χ0v) is 13.7. The van der Waals surface area contributed by atoms with Gasteiger partial charge in [-0.25, -0.2) is 0 Å². The molecule has 0 saturated carbocycles. The fourth-order valence-corrected chi connectivity index (χ4v) is 3.63. The Morgan fingerprint density at radius 1 is 1.19 bits per heavy atom. The number of carbonyl (C=O) groups is 1. The molecule has 1 unspecified atom stereocenters. The summed E-state index contributed by atoms with van der Waals surface area (Å²) in [6, 6.07) is 13.9. The van der Waals surface area contributed by atoms with Crippen LogP contribution < -0.4 is 5.32 Å². The Labute approximate surface area is 137 Å². The molecule has 0 fully saturated rings. The summed E-state index contributed by atoms with van der Waals surface area (Å²) in [6.45, 7) is 0. The highest BCUT2D eigenvalue weighted by Crippen LogP contribution is 2.23. The SMILES string of the molecule is O=C(NC1CCc2ccccc2C1)c1cc(Cl)cc(Br)c1. The lowest BCUT2D eigenvalue weighted by atomic mass is 9.88. The molecule has 0 aromatic heterocycles. The summed E-state index contributed by atoms with van der Waals surface area (Å²) in [4.78, 5) is 12.3. The molecular weight excluding hydrogens is 350 g/mol. The van der Waals surface area contributed by atoms with E-state index < -0.39 is 0 Å². The van der Waals surface area contributed by atoms with Crippen LogP contribution in [-0.4, -0.2) is 11.9 Å². The van der Waals surface area contributed by atoms with Gasteiger partial charge in [0.15, 0.2) is 0 Å². The van der Waals surface area contributed by atoms with Crippen molar-refractivity contribution in [3.63, 3.8) is 0 Å². The van der Waals surface area contributed by atoms with Crippen molar-refractivity contribution in [3.8, 4) is 0 Å². The smallest absolute Gasteiger partial charge is 0.251 e. The van der Waals surface area contributed by atoms with E-state index in [1.807, 2.05) is 0 Å². The molecule has 1 aliphatic carbocycles. The third-order valence-corrected chi connectivity index (χ3v) is 4.48. The molecule has 1 aliphatic rings. The first-order chi connectivity index (χ1) is 10.1. The van der Waals surface area contributed by atoms with E-state index in [0.29, 0.717) is 10.6 Å². The van der Waals surface area contributed by atoms with Crippen molar-refractivity contribution in [2.45, 2.75) is 25.3 Å². The van der Waals surface area contributed by atoms with Gasteiger partial charge in [-0.3, -0.25) is 4.79 Å². The summed E-state index contributed by atoms with van der Waals surface area (Å²) in [7, 11) is 0. The summed E-state index contributed by atoms with van der Waals surface area (Å²) in [5, 5.41) is 3.67. The van der Waals surface area contributed by atoms with Crippen LogP contribution in [0.15, 0.2) is 46.9 Å². The first kappa shape index (κ1) is 14.6. The van der Waals surface area contributed by atoms with Gasteiger partial charge in [-0.05, 0) is 48.6 Å². The number of amides is 1. The van der Waals surface area contributed by atoms with Crippen molar-refractivity contribution >= 4 is 33.4 Å². The Balaban J connectivity index is 1.71. The number of halogens is 2. The molecule has 0 aliphatic heterocycles. The van der Waals surface area contributed by atoms with Crippen molar-refractivity contribution < 1.29 is 4.79 Å². The minimum absolute atomic E-state index is 0.0671. The number of nitrogens with one attached hydrogen (secondary N) is 1. The highest BCUT2D eigenvalue weighted by molar-refractivity contribution is 9.10. The van der Waals surface area contributed by atoms with E-state index in [4.69, 9.17) is 11.6 Å². The number of benzene rings is 2. The van der Waals surface area contributed by atoms with Gasteiger partial charge < -0.3 is 5.32 Å². The van der Waals surface area contributed by atoms with E-state index in [-0.39, 0.29) is 11.9 Å². The predicted octanol–water partition coefficient (Wildman–Crippen LogP) is 4.39. The molecule has 4 heteroatoms. The van der Waals surface area contributed by atoms with Gasteiger partial charge in [-0.1, -0.05) is 51.8 Å². The molecule has 1 amide bonds. The molecule has 0 radical (unpaired) electrons. The first-order valence-corrected chi connectivity index (χ1v) is 8.12. The Hall–Kier alpha value is -1.32. The summed E-state index contributed by atoms with van der Waals surface area (Å²) in [5.41, 5.74) is 3.32. The zero-order chi connectivity index (χ0) is 14.8. The number of hydrogen-bond acceptors (Lipinski definition) is 1. The standard InChI is InChI=1S/C17H15BrClNO/c18-14-7-13(8-15(19)10-14)17(21)20-16-6-5-11-3-1-2-4-12(11)9-16/h1-4,7-8,10,16H,5-6,9H2,(H,20,21). The van der Waals surface area contributed by atoms with Crippen LogP contribution in [0.3, 0.4) is 0 Å². The van der Waals surface area contributed by atoms with Crippen LogP contribution in [0.25, 0.3) is 0 Å². The van der Waals surface area contributed by atoms with Crippen LogP contribution in [0, 0.1) is 0 Å². The lowest BCUT2D eigenvalue weighted by Gasteiger charge is -2.25. The number of carbonyl (C=O) groups excluding carboxylic acids is 1. The van der Waals surface area contributed by atoms with Crippen LogP contribution >= 0.6 is 27.5 Å². The molecule has 2 aromatic carbocycles. The molecule has 0 spiro atoms. The van der Waals surface area contributed by atoms with Crippen molar-refractivity contribution in [2.24, 2.45) is 0 Å². The van der Waals surface area contributed by atoms with Crippen molar-refractivity contribution in [3.05, 3.63) is 68.7 Å². The van der Waals surface area contributed by atoms with Crippen LogP contribution in [0.4, 0.5) is 0 Å². The normalized spacial score (nSPS) is 17.1. The third-order valence-electron chi connectivity index (χ3n) is 3.81. The van der Waals surface area contributed by atoms with Crippen LogP contribution in [-0.2, 0) is 12.8 Å². The van der Waals surface area contributed by atoms with Crippen molar-refractivity contribution in [2.75, 3.05) is 0 Å². The van der Waals surface area contributed by atoms with Crippen molar-refractivity contribution in [1.29, 1.82) is 0 Å². The number of rotatable bonds is 2. The van der Waals surface area contributed by atoms with Gasteiger partial charge in [-0.2, -0.15) is 0 Å². The summed E-state index contributed by atoms with van der Waals surface area (Å²) >= 11 is 9.36. The number of fused-ring (bicyclic) bond motifs is 1. The summed E-state index contributed by atoms with van der Waals surface area (Å²) < 4.78 is 0.814. The summed E-state index contributed by atoms with van der Waals surface area (Å²) in [5.74, 6) is -0.0671. The van der Waals surface area contributed by atoms with E-state index in [1.165, 1.54) is 11.1 Å². The van der Waals surface area contributed by atoms with Crippen molar-refractivity contribution in [1.82, 2.24) is 5.32 Å². The Morgan fingerprint density at radius 2 is 1.95 bits per heavy atom. The molecule has 2 aromatic rings. The fraction of sp³-hybridized carbons (Fsp3) is 0.235. The summed E-state index contributed by atoms with van der Waals surface area (Å²) in [6.07, 6.45) is 2.88. The second kappa shape index (κ2) is 6.20. The second-order valence-electron chi connectivity index (χ2n) is 5.34. The van der Waals surface area contributed by atoms with E-state index in [0.717, 1.165) is 23.7 Å². The van der Waals surface area contributed by atoms with Gasteiger partial charge in [0.1, 0.15) is 0 Å². The largest absolute Gasteiger partial charge is 0.349 e. The molecule has 21 heavy (non-hydrogen) atoms. The molecular formula is C17H15BrClNO. The zero-order valence-electron chi connectivity index (χ0n) is 11.4. The fourth-order valence-electron chi connectivity index (χ4n) is 2.77. The second-order valence-corrected chi connectivity index (χ2v) is 6.69. The number of aryl methyl sites for hydroxylation is 1. The molecule has 108 valence electrons. The Bertz CT molecular complexity index is 666. The van der Waals surface area contributed by atoms with Gasteiger partial charge in [-0.15, -0.1) is 0 Å². The van der Waals surface area contributed by atoms with Gasteiger partial charge >= 0.3 is 0 Å². The third kappa shape index (κ3) is 3.47. The minimum atomic E-state index is -0.0671. The molecule has 0 bridgehead atoms. The van der Waals surface area contributed by atoms with Gasteiger partial charge in [0, 0.05) is 21.1 Å². The quantitative estimate of drug-likeness (QED) is 0.841. The molecule has 0 saturated heterocycles. The van der Waals surface area contributed by atoms with E-state index in [9.17, 15) is 4.79 Å². The lowest BCUT2D eigenvalue weighted by molar-refractivity contribution is 0.0933. The maximum absolute atomic E-state index is 12.3. The highest BCUT2D eigenvalue weighted by Gasteiger charge is 2.20. The van der Waals surface area contributed by atoms with Gasteiger partial charge in [0.05, 0.1) is 0 Å². The minimum Gasteiger partial charge on any atom is -0.349 e. The van der Waals surface area contributed by atoms with E-state index >= 15 is 0 Å². The van der Waals surface area contributed by atoms with Crippen LogP contribution in [0.1, 0.15) is 27.9 Å². The first-order valence-electron chi connectivity index (χ1n) is 6.95. The van der Waals surface area contributed by atoms with Crippen LogP contribution in [0.5, 0.6) is 0 Å². The molecule has 1 N–H and O–H groups in total. The Kier molecular flexibility index (Phi) is 4.32. The molecule has 2 nitrogen and oxygen atoms in total. The topological polar surface area (TPSA) is 29.1 Å².